The minimum Gasteiger partial charge on any atom is -0.456 e. The number of nitrogens with one attached hydrogen (secondary N) is 1. The van der Waals surface area contributed by atoms with Crippen LogP contribution in [0.2, 0.25) is 5.02 Å². The largest absolute Gasteiger partial charge is 0.456 e. The Bertz CT molecular complexity index is 1810. The normalized spacial score (nSPS) is 20.4. The summed E-state index contributed by atoms with van der Waals surface area (Å²) >= 11 is 6.65. The van der Waals surface area contributed by atoms with Crippen LogP contribution in [0.15, 0.2) is 85.2 Å². The summed E-state index contributed by atoms with van der Waals surface area (Å²) in [7, 11) is 0. The number of rotatable bonds is 5. The van der Waals surface area contributed by atoms with Crippen LogP contribution in [0.5, 0.6) is 6.01 Å². The first-order valence-corrected chi connectivity index (χ1v) is 13.7. The van der Waals surface area contributed by atoms with Crippen molar-refractivity contribution in [3.63, 3.8) is 0 Å². The van der Waals surface area contributed by atoms with Crippen LogP contribution in [0.1, 0.15) is 6.42 Å². The van der Waals surface area contributed by atoms with Gasteiger partial charge in [-0.15, -0.1) is 0 Å². The van der Waals surface area contributed by atoms with Gasteiger partial charge in [0.15, 0.2) is 11.8 Å². The van der Waals surface area contributed by atoms with Crippen molar-refractivity contribution in [2.75, 3.05) is 13.2 Å². The SMILES string of the molecule is Clc1cc2[nH]c(OC3CO[C@@H]4CCO[C@H]34)nc2nc1-c1ccc(-c2ccc(-c3cn4ccccc4n3)cc2)cc1. The molecule has 8 rings (SSSR count). The lowest BCUT2D eigenvalue weighted by atomic mass is 10.0. The maximum absolute atomic E-state index is 6.65. The molecule has 6 aromatic rings. The highest BCUT2D eigenvalue weighted by Gasteiger charge is 2.43. The van der Waals surface area contributed by atoms with Crippen molar-refractivity contribution in [2.45, 2.75) is 24.7 Å². The molecule has 0 amide bonds. The standard InChI is InChI=1S/C31H24ClN5O3/c32-22-15-23-30(36-31(34-23)40-26-17-39-25-12-14-38-29(25)26)35-28(22)21-10-6-19(7-11-21)18-4-8-20(9-5-18)24-16-37-13-2-1-3-27(37)33-24/h1-11,13,15-16,25-26,29H,12,14,17H2,(H,34,35,36)/t25-,26?,29+/m1/s1. The Morgan fingerprint density at radius 2 is 1.65 bits per heavy atom. The molecule has 0 aliphatic carbocycles. The summed E-state index contributed by atoms with van der Waals surface area (Å²) in [6.07, 6.45) is 4.81. The molecule has 0 spiro atoms. The number of hydrogen-bond donors (Lipinski definition) is 1. The van der Waals surface area contributed by atoms with E-state index in [9.17, 15) is 0 Å². The molecule has 2 fully saturated rings. The summed E-state index contributed by atoms with van der Waals surface area (Å²) in [4.78, 5) is 17.2. The summed E-state index contributed by atoms with van der Waals surface area (Å²) in [6.45, 7) is 1.18. The number of fused-ring (bicyclic) bond motifs is 3. The van der Waals surface area contributed by atoms with Crippen LogP contribution in [0, 0.1) is 0 Å². The summed E-state index contributed by atoms with van der Waals surface area (Å²) in [6, 6.07) is 24.9. The van der Waals surface area contributed by atoms with Crippen LogP contribution in [0.3, 0.4) is 0 Å². The molecule has 1 unspecified atom stereocenters. The van der Waals surface area contributed by atoms with Gasteiger partial charge in [0.1, 0.15) is 11.8 Å². The molecule has 198 valence electrons. The highest BCUT2D eigenvalue weighted by atomic mass is 35.5. The van der Waals surface area contributed by atoms with Gasteiger partial charge in [-0.1, -0.05) is 66.2 Å². The Morgan fingerprint density at radius 1 is 0.875 bits per heavy atom. The number of aromatic nitrogens is 5. The molecule has 0 radical (unpaired) electrons. The zero-order valence-corrected chi connectivity index (χ0v) is 22.1. The third kappa shape index (κ3) is 4.12. The Hall–Kier alpha value is -4.24. The number of halogens is 1. The van der Waals surface area contributed by atoms with E-state index in [-0.39, 0.29) is 18.3 Å². The van der Waals surface area contributed by atoms with Gasteiger partial charge in [-0.25, -0.2) is 9.97 Å². The highest BCUT2D eigenvalue weighted by molar-refractivity contribution is 6.33. The molecule has 2 aromatic carbocycles. The average molecular weight is 550 g/mol. The molecule has 9 heteroatoms. The van der Waals surface area contributed by atoms with Crippen molar-refractivity contribution in [2.24, 2.45) is 0 Å². The zero-order chi connectivity index (χ0) is 26.6. The lowest BCUT2D eigenvalue weighted by Gasteiger charge is -2.15. The molecular formula is C31H24ClN5O3. The second kappa shape index (κ2) is 9.45. The smallest absolute Gasteiger partial charge is 0.296 e. The molecule has 1 N–H and O–H groups in total. The minimum absolute atomic E-state index is 0.0547. The maximum Gasteiger partial charge on any atom is 0.296 e. The van der Waals surface area contributed by atoms with Gasteiger partial charge in [0, 0.05) is 30.1 Å². The van der Waals surface area contributed by atoms with E-state index in [1.165, 1.54) is 0 Å². The van der Waals surface area contributed by atoms with Crippen molar-refractivity contribution >= 4 is 28.4 Å². The highest BCUT2D eigenvalue weighted by Crippen LogP contribution is 2.33. The molecular weight excluding hydrogens is 526 g/mol. The summed E-state index contributed by atoms with van der Waals surface area (Å²) < 4.78 is 19.7. The van der Waals surface area contributed by atoms with Crippen molar-refractivity contribution in [3.05, 3.63) is 90.2 Å². The lowest BCUT2D eigenvalue weighted by Crippen LogP contribution is -2.32. The Balaban J connectivity index is 1.02. The molecule has 8 nitrogen and oxygen atoms in total. The topological polar surface area (TPSA) is 86.6 Å². The monoisotopic (exact) mass is 549 g/mol. The van der Waals surface area contributed by atoms with Crippen LogP contribution in [-0.2, 0) is 9.47 Å². The van der Waals surface area contributed by atoms with E-state index < -0.39 is 0 Å². The maximum atomic E-state index is 6.65. The van der Waals surface area contributed by atoms with E-state index in [0.717, 1.165) is 40.0 Å². The quantitative estimate of drug-likeness (QED) is 0.276. The van der Waals surface area contributed by atoms with E-state index in [1.54, 1.807) is 0 Å². The fourth-order valence-corrected chi connectivity index (χ4v) is 5.82. The van der Waals surface area contributed by atoms with Gasteiger partial charge < -0.3 is 23.6 Å². The first kappa shape index (κ1) is 23.6. The molecule has 3 atom stereocenters. The molecule has 40 heavy (non-hydrogen) atoms. The van der Waals surface area contributed by atoms with Gasteiger partial charge in [0.25, 0.3) is 6.01 Å². The number of H-pyrrole nitrogens is 1. The van der Waals surface area contributed by atoms with Crippen LogP contribution in [-0.4, -0.2) is 55.9 Å². The average Bonchev–Trinajstić information content (AvgIpc) is 3.77. The predicted octanol–water partition coefficient (Wildman–Crippen LogP) is 6.20. The first-order valence-electron chi connectivity index (χ1n) is 13.3. The van der Waals surface area contributed by atoms with Crippen molar-refractivity contribution < 1.29 is 14.2 Å². The fraction of sp³-hybridized carbons (Fsp3) is 0.194. The van der Waals surface area contributed by atoms with Gasteiger partial charge in [-0.05, 0) is 35.7 Å². The van der Waals surface area contributed by atoms with E-state index in [4.69, 9.17) is 35.8 Å². The number of benzene rings is 2. The predicted molar refractivity (Wildman–Crippen MR) is 152 cm³/mol. The Kier molecular flexibility index (Phi) is 5.58. The third-order valence-corrected chi connectivity index (χ3v) is 7.91. The number of nitrogens with zero attached hydrogens (tertiary/aromatic N) is 4. The molecule has 2 aliphatic rings. The molecule has 6 heterocycles. The lowest BCUT2D eigenvalue weighted by molar-refractivity contribution is 0.0273. The summed E-state index contributed by atoms with van der Waals surface area (Å²) in [5, 5.41) is 0.538. The number of aromatic amines is 1. The Morgan fingerprint density at radius 3 is 2.45 bits per heavy atom. The zero-order valence-electron chi connectivity index (χ0n) is 21.3. The van der Waals surface area contributed by atoms with Crippen LogP contribution >= 0.6 is 11.6 Å². The van der Waals surface area contributed by atoms with Gasteiger partial charge in [0.05, 0.1) is 34.6 Å². The van der Waals surface area contributed by atoms with E-state index >= 15 is 0 Å². The van der Waals surface area contributed by atoms with Crippen molar-refractivity contribution in [1.82, 2.24) is 24.3 Å². The van der Waals surface area contributed by atoms with Crippen molar-refractivity contribution in [1.29, 1.82) is 0 Å². The number of hydrogen-bond acceptors (Lipinski definition) is 6. The number of ether oxygens (including phenoxy) is 3. The minimum atomic E-state index is -0.191. The van der Waals surface area contributed by atoms with Crippen LogP contribution in [0.4, 0.5) is 0 Å². The third-order valence-electron chi connectivity index (χ3n) is 7.62. The van der Waals surface area contributed by atoms with Crippen LogP contribution < -0.4 is 4.74 Å². The first-order chi connectivity index (χ1) is 19.7. The molecule has 0 bridgehead atoms. The second-order valence-electron chi connectivity index (χ2n) is 10.1. The van der Waals surface area contributed by atoms with Crippen LogP contribution in [0.25, 0.3) is 50.5 Å². The summed E-state index contributed by atoms with van der Waals surface area (Å²) in [5.74, 6) is 0. The fourth-order valence-electron chi connectivity index (χ4n) is 5.56. The van der Waals surface area contributed by atoms with Gasteiger partial charge in [-0.2, -0.15) is 4.98 Å². The van der Waals surface area contributed by atoms with Gasteiger partial charge in [0.2, 0.25) is 0 Å². The van der Waals surface area contributed by atoms with Gasteiger partial charge in [-0.3, -0.25) is 0 Å². The molecule has 4 aromatic heterocycles. The Labute approximate surface area is 234 Å². The number of imidazole rings is 2. The number of pyridine rings is 2. The second-order valence-corrected chi connectivity index (χ2v) is 10.5. The van der Waals surface area contributed by atoms with E-state index in [0.29, 0.717) is 41.1 Å². The van der Waals surface area contributed by atoms with E-state index in [2.05, 4.69) is 46.4 Å². The van der Waals surface area contributed by atoms with Crippen molar-refractivity contribution in [3.8, 4) is 39.7 Å². The molecule has 0 saturated carbocycles. The molecule has 2 aliphatic heterocycles. The van der Waals surface area contributed by atoms with Gasteiger partial charge >= 0.3 is 0 Å². The van der Waals surface area contributed by atoms with E-state index in [1.807, 2.05) is 53.2 Å². The summed E-state index contributed by atoms with van der Waals surface area (Å²) in [5.41, 5.74) is 8.02. The molecule has 2 saturated heterocycles.